The van der Waals surface area contributed by atoms with E-state index in [-0.39, 0.29) is 25.7 Å². The Hall–Kier alpha value is -1.14. The maximum absolute atomic E-state index is 11.5. The molecule has 6 nitrogen and oxygen atoms in total. The van der Waals surface area contributed by atoms with Crippen LogP contribution in [0.25, 0.3) is 0 Å². The Bertz CT molecular complexity index is 301. The van der Waals surface area contributed by atoms with Crippen LogP contribution in [0.2, 0.25) is 0 Å². The van der Waals surface area contributed by atoms with Crippen molar-refractivity contribution in [2.24, 2.45) is 0 Å². The molecule has 0 aromatic carbocycles. The van der Waals surface area contributed by atoms with Gasteiger partial charge in [-0.3, -0.25) is 9.59 Å². The van der Waals surface area contributed by atoms with Crippen LogP contribution in [0.3, 0.4) is 0 Å². The van der Waals surface area contributed by atoms with Crippen LogP contribution in [0.5, 0.6) is 0 Å². The number of ether oxygens (including phenoxy) is 2. The molecule has 104 valence electrons. The van der Waals surface area contributed by atoms with Gasteiger partial charge in [-0.15, -0.1) is 0 Å². The molecule has 0 amide bonds. The molecule has 1 fully saturated rings. The van der Waals surface area contributed by atoms with Crippen LogP contribution in [-0.4, -0.2) is 33.7 Å². The molecule has 2 N–H and O–H groups in total. The Morgan fingerprint density at radius 1 is 1.11 bits per heavy atom. The lowest BCUT2D eigenvalue weighted by Crippen LogP contribution is -2.58. The monoisotopic (exact) mass is 260 g/mol. The van der Waals surface area contributed by atoms with Gasteiger partial charge in [-0.25, -0.2) is 0 Å². The molecule has 0 aromatic heterocycles. The molecule has 0 aliphatic carbocycles. The van der Waals surface area contributed by atoms with Gasteiger partial charge in [0, 0.05) is 12.8 Å². The first kappa shape index (κ1) is 14.9. The molecule has 1 saturated heterocycles. The van der Waals surface area contributed by atoms with Crippen LogP contribution in [-0.2, 0) is 19.1 Å². The first-order chi connectivity index (χ1) is 8.37. The van der Waals surface area contributed by atoms with Gasteiger partial charge in [0.1, 0.15) is 0 Å². The summed E-state index contributed by atoms with van der Waals surface area (Å²) in [5.41, 5.74) is -1.80. The second-order valence-electron chi connectivity index (χ2n) is 4.48. The van der Waals surface area contributed by atoms with E-state index in [2.05, 4.69) is 0 Å². The van der Waals surface area contributed by atoms with E-state index in [9.17, 15) is 19.8 Å². The molecule has 1 aliphatic rings. The predicted molar refractivity (Wildman–Crippen MR) is 61.1 cm³/mol. The minimum absolute atomic E-state index is 0.0839. The van der Waals surface area contributed by atoms with Gasteiger partial charge >= 0.3 is 17.9 Å². The highest BCUT2D eigenvalue weighted by molar-refractivity contribution is 5.73. The van der Waals surface area contributed by atoms with Crippen molar-refractivity contribution in [3.63, 3.8) is 0 Å². The van der Waals surface area contributed by atoms with Crippen molar-refractivity contribution in [1.82, 2.24) is 0 Å². The zero-order valence-electron chi connectivity index (χ0n) is 10.8. The summed E-state index contributed by atoms with van der Waals surface area (Å²) in [6.45, 7) is 3.21. The van der Waals surface area contributed by atoms with Gasteiger partial charge < -0.3 is 19.7 Å². The molecule has 6 heteroatoms. The summed E-state index contributed by atoms with van der Waals surface area (Å²) >= 11 is 0. The third kappa shape index (κ3) is 3.00. The average Bonchev–Trinajstić information content (AvgIpc) is 2.38. The minimum atomic E-state index is -2.60. The number of hydrogen-bond acceptors (Lipinski definition) is 6. The van der Waals surface area contributed by atoms with Crippen LogP contribution in [0, 0.1) is 0 Å². The van der Waals surface area contributed by atoms with E-state index in [0.29, 0.717) is 12.8 Å². The minimum Gasteiger partial charge on any atom is -0.396 e. The van der Waals surface area contributed by atoms with Gasteiger partial charge in [-0.05, 0) is 25.7 Å². The molecule has 1 heterocycles. The lowest BCUT2D eigenvalue weighted by molar-refractivity contribution is -0.393. The molecule has 0 spiro atoms. The number of esters is 2. The number of hydrogen-bond donors (Lipinski definition) is 2. The van der Waals surface area contributed by atoms with E-state index in [1.165, 1.54) is 0 Å². The standard InChI is InChI=1S/C12H20O6/c1-3-11(15,4-2)12(16)17-9(13)7-5-6-8-10(14)18-12/h15-16H,3-8H2,1-2H3. The average molecular weight is 260 g/mol. The van der Waals surface area contributed by atoms with E-state index in [1.807, 2.05) is 0 Å². The number of cyclic esters (lactones) is 2. The molecule has 0 saturated carbocycles. The normalized spacial score (nSPS) is 21.3. The van der Waals surface area contributed by atoms with Crippen LogP contribution >= 0.6 is 0 Å². The Labute approximate surface area is 106 Å². The number of carbonyl (C=O) groups excluding carboxylic acids is 2. The predicted octanol–water partition coefficient (Wildman–Crippen LogP) is 0.844. The summed E-state index contributed by atoms with van der Waals surface area (Å²) < 4.78 is 9.60. The fourth-order valence-corrected chi connectivity index (χ4v) is 1.86. The molecule has 1 rings (SSSR count). The van der Waals surface area contributed by atoms with E-state index in [4.69, 9.17) is 9.47 Å². The quantitative estimate of drug-likeness (QED) is 0.730. The maximum Gasteiger partial charge on any atom is 0.404 e. The van der Waals surface area contributed by atoms with Gasteiger partial charge in [0.2, 0.25) is 0 Å². The Morgan fingerprint density at radius 2 is 1.50 bits per heavy atom. The molecule has 0 radical (unpaired) electrons. The topological polar surface area (TPSA) is 93.1 Å². The molecule has 0 atom stereocenters. The van der Waals surface area contributed by atoms with Crippen molar-refractivity contribution in [2.75, 3.05) is 0 Å². The first-order valence-corrected chi connectivity index (χ1v) is 6.25. The molecular weight excluding hydrogens is 240 g/mol. The zero-order valence-corrected chi connectivity index (χ0v) is 10.8. The fourth-order valence-electron chi connectivity index (χ4n) is 1.86. The van der Waals surface area contributed by atoms with Gasteiger partial charge in [0.25, 0.3) is 0 Å². The molecular formula is C12H20O6. The smallest absolute Gasteiger partial charge is 0.396 e. The van der Waals surface area contributed by atoms with Crippen LogP contribution < -0.4 is 0 Å². The number of aliphatic hydroxyl groups is 2. The van der Waals surface area contributed by atoms with Crippen molar-refractivity contribution < 1.29 is 29.3 Å². The molecule has 1 aliphatic heterocycles. The van der Waals surface area contributed by atoms with Crippen molar-refractivity contribution in [3.8, 4) is 0 Å². The number of carbonyl (C=O) groups is 2. The van der Waals surface area contributed by atoms with Crippen molar-refractivity contribution >= 4 is 11.9 Å². The molecule has 0 aromatic rings. The van der Waals surface area contributed by atoms with Gasteiger partial charge in [0.05, 0.1) is 0 Å². The van der Waals surface area contributed by atoms with Crippen LogP contribution in [0.4, 0.5) is 0 Å². The van der Waals surface area contributed by atoms with Gasteiger partial charge in [-0.1, -0.05) is 13.8 Å². The van der Waals surface area contributed by atoms with Gasteiger partial charge in [-0.2, -0.15) is 0 Å². The summed E-state index contributed by atoms with van der Waals surface area (Å²) in [6.07, 6.45) is 1.31. The summed E-state index contributed by atoms with van der Waals surface area (Å²) in [5.74, 6) is -3.98. The van der Waals surface area contributed by atoms with Crippen molar-refractivity contribution in [1.29, 1.82) is 0 Å². The zero-order chi connectivity index (χ0) is 13.8. The highest BCUT2D eigenvalue weighted by Crippen LogP contribution is 2.33. The second kappa shape index (κ2) is 5.67. The Balaban J connectivity index is 3.04. The fraction of sp³-hybridized carbons (Fsp3) is 0.833. The summed E-state index contributed by atoms with van der Waals surface area (Å²) in [5, 5.41) is 20.5. The molecule has 0 unspecified atom stereocenters. The molecule has 18 heavy (non-hydrogen) atoms. The van der Waals surface area contributed by atoms with E-state index >= 15 is 0 Å². The van der Waals surface area contributed by atoms with Crippen molar-refractivity contribution in [2.45, 2.75) is 63.9 Å². The van der Waals surface area contributed by atoms with E-state index < -0.39 is 23.5 Å². The van der Waals surface area contributed by atoms with Crippen molar-refractivity contribution in [3.05, 3.63) is 0 Å². The summed E-state index contributed by atoms with van der Waals surface area (Å²) in [7, 11) is 0. The molecule has 0 bridgehead atoms. The number of rotatable bonds is 3. The summed E-state index contributed by atoms with van der Waals surface area (Å²) in [4.78, 5) is 23.0. The maximum atomic E-state index is 11.5. The highest BCUT2D eigenvalue weighted by Gasteiger charge is 2.55. The SMILES string of the molecule is CCC(O)(CC)C1(O)OC(=O)CCCCC(=O)O1. The van der Waals surface area contributed by atoms with E-state index in [0.717, 1.165) is 0 Å². The summed E-state index contributed by atoms with van der Waals surface area (Å²) in [6, 6.07) is 0. The highest BCUT2D eigenvalue weighted by atomic mass is 16.9. The van der Waals surface area contributed by atoms with E-state index in [1.54, 1.807) is 13.8 Å². The lowest BCUT2D eigenvalue weighted by Gasteiger charge is -2.39. The van der Waals surface area contributed by atoms with Gasteiger partial charge in [0.15, 0.2) is 5.60 Å². The Morgan fingerprint density at radius 3 is 1.83 bits per heavy atom. The largest absolute Gasteiger partial charge is 0.404 e. The second-order valence-corrected chi connectivity index (χ2v) is 4.48. The third-order valence-corrected chi connectivity index (χ3v) is 3.27. The lowest BCUT2D eigenvalue weighted by atomic mass is 9.94. The Kier molecular flexibility index (Phi) is 4.70. The first-order valence-electron chi connectivity index (χ1n) is 6.25. The van der Waals surface area contributed by atoms with Crippen LogP contribution in [0.1, 0.15) is 52.4 Å². The van der Waals surface area contributed by atoms with Crippen LogP contribution in [0.15, 0.2) is 0 Å². The third-order valence-electron chi connectivity index (χ3n) is 3.27.